The van der Waals surface area contributed by atoms with Crippen LogP contribution in [0.1, 0.15) is 5.56 Å². The number of hydrogen-bond acceptors (Lipinski definition) is 2. The number of pyridine rings is 1. The minimum atomic E-state index is -0.414. The maximum atomic E-state index is 13.9. The molecule has 1 aromatic heterocycles. The quantitative estimate of drug-likeness (QED) is 0.786. The fraction of sp³-hybridized carbons (Fsp3) is 0.0556. The molecule has 0 radical (unpaired) electrons. The van der Waals surface area contributed by atoms with Gasteiger partial charge in [0.2, 0.25) is 0 Å². The van der Waals surface area contributed by atoms with Gasteiger partial charge in [0, 0.05) is 28.5 Å². The zero-order chi connectivity index (χ0) is 15.5. The fourth-order valence-electron chi connectivity index (χ4n) is 2.37. The summed E-state index contributed by atoms with van der Waals surface area (Å²) < 4.78 is 27.7. The van der Waals surface area contributed by atoms with Crippen LogP contribution in [0, 0.1) is 11.6 Å². The predicted molar refractivity (Wildman–Crippen MR) is 80.9 cm³/mol. The van der Waals surface area contributed by atoms with E-state index in [1.165, 1.54) is 18.3 Å². The van der Waals surface area contributed by atoms with Gasteiger partial charge in [-0.2, -0.15) is 0 Å². The van der Waals surface area contributed by atoms with Crippen molar-refractivity contribution in [1.82, 2.24) is 4.98 Å². The number of aliphatic hydroxyl groups is 1. The first-order valence-corrected chi connectivity index (χ1v) is 6.80. The van der Waals surface area contributed by atoms with Crippen molar-refractivity contribution >= 4 is 0 Å². The summed E-state index contributed by atoms with van der Waals surface area (Å²) >= 11 is 0. The van der Waals surface area contributed by atoms with Crippen LogP contribution in [0.15, 0.2) is 60.8 Å². The average Bonchev–Trinajstić information content (AvgIpc) is 2.55. The molecule has 4 heteroatoms. The van der Waals surface area contributed by atoms with E-state index in [0.29, 0.717) is 27.9 Å². The Morgan fingerprint density at radius 3 is 2.05 bits per heavy atom. The first kappa shape index (κ1) is 14.4. The molecule has 0 unspecified atom stereocenters. The molecule has 0 amide bonds. The second-order valence-corrected chi connectivity index (χ2v) is 4.85. The Labute approximate surface area is 126 Å². The standard InChI is InChI=1S/C18H13F2NO/c19-16-7-3-1-5-14(16)12-9-13(11-22)18(21-10-12)15-6-2-4-8-17(15)20/h1-10,22H,11H2. The molecule has 0 saturated carbocycles. The van der Waals surface area contributed by atoms with E-state index in [0.717, 1.165) is 0 Å². The number of rotatable bonds is 3. The lowest BCUT2D eigenvalue weighted by Crippen LogP contribution is -1.97. The zero-order valence-electron chi connectivity index (χ0n) is 11.6. The highest BCUT2D eigenvalue weighted by molar-refractivity contribution is 5.70. The van der Waals surface area contributed by atoms with Crippen molar-refractivity contribution in [1.29, 1.82) is 0 Å². The lowest BCUT2D eigenvalue weighted by molar-refractivity contribution is 0.282. The Morgan fingerprint density at radius 1 is 0.864 bits per heavy atom. The van der Waals surface area contributed by atoms with E-state index in [4.69, 9.17) is 0 Å². The SMILES string of the molecule is OCc1cc(-c2ccccc2F)cnc1-c1ccccc1F. The topological polar surface area (TPSA) is 33.1 Å². The van der Waals surface area contributed by atoms with Crippen molar-refractivity contribution < 1.29 is 13.9 Å². The van der Waals surface area contributed by atoms with Crippen molar-refractivity contribution in [3.05, 3.63) is 78.0 Å². The van der Waals surface area contributed by atoms with Crippen LogP contribution in [-0.4, -0.2) is 10.1 Å². The molecule has 0 atom stereocenters. The van der Waals surface area contributed by atoms with Gasteiger partial charge in [-0.3, -0.25) is 4.98 Å². The second-order valence-electron chi connectivity index (χ2n) is 4.85. The van der Waals surface area contributed by atoms with Crippen LogP contribution in [0.5, 0.6) is 0 Å². The lowest BCUT2D eigenvalue weighted by Gasteiger charge is -2.10. The number of nitrogens with zero attached hydrogens (tertiary/aromatic N) is 1. The largest absolute Gasteiger partial charge is 0.392 e. The van der Waals surface area contributed by atoms with Crippen molar-refractivity contribution in [3.8, 4) is 22.4 Å². The Balaban J connectivity index is 2.13. The lowest BCUT2D eigenvalue weighted by atomic mass is 10.0. The summed E-state index contributed by atoms with van der Waals surface area (Å²) in [4.78, 5) is 4.23. The highest BCUT2D eigenvalue weighted by atomic mass is 19.1. The fourth-order valence-corrected chi connectivity index (χ4v) is 2.37. The molecule has 1 N–H and O–H groups in total. The van der Waals surface area contributed by atoms with Gasteiger partial charge in [0.1, 0.15) is 11.6 Å². The van der Waals surface area contributed by atoms with E-state index in [9.17, 15) is 13.9 Å². The molecular weight excluding hydrogens is 284 g/mol. The van der Waals surface area contributed by atoms with Crippen LogP contribution in [0.25, 0.3) is 22.4 Å². The molecule has 3 rings (SSSR count). The molecule has 0 saturated heterocycles. The van der Waals surface area contributed by atoms with Crippen LogP contribution in [0.3, 0.4) is 0 Å². The Morgan fingerprint density at radius 2 is 1.45 bits per heavy atom. The van der Waals surface area contributed by atoms with Gasteiger partial charge in [-0.15, -0.1) is 0 Å². The predicted octanol–water partition coefficient (Wildman–Crippen LogP) is 4.19. The van der Waals surface area contributed by atoms with E-state index in [1.807, 2.05) is 0 Å². The maximum absolute atomic E-state index is 13.9. The van der Waals surface area contributed by atoms with Gasteiger partial charge in [-0.25, -0.2) is 8.78 Å². The van der Waals surface area contributed by atoms with Gasteiger partial charge >= 0.3 is 0 Å². The van der Waals surface area contributed by atoms with Crippen LogP contribution in [-0.2, 0) is 6.61 Å². The van der Waals surface area contributed by atoms with Crippen molar-refractivity contribution in [2.45, 2.75) is 6.61 Å². The minimum Gasteiger partial charge on any atom is -0.392 e. The number of aliphatic hydroxyl groups excluding tert-OH is 1. The summed E-state index contributed by atoms with van der Waals surface area (Å²) in [7, 11) is 0. The average molecular weight is 297 g/mol. The van der Waals surface area contributed by atoms with E-state index < -0.39 is 5.82 Å². The summed E-state index contributed by atoms with van der Waals surface area (Å²) in [6.45, 7) is -0.307. The molecule has 0 spiro atoms. The van der Waals surface area contributed by atoms with Gasteiger partial charge in [-0.1, -0.05) is 30.3 Å². The molecule has 0 aliphatic rings. The van der Waals surface area contributed by atoms with Crippen molar-refractivity contribution in [3.63, 3.8) is 0 Å². The molecule has 0 aliphatic heterocycles. The molecule has 22 heavy (non-hydrogen) atoms. The van der Waals surface area contributed by atoms with Crippen LogP contribution >= 0.6 is 0 Å². The third-order valence-electron chi connectivity index (χ3n) is 3.45. The third kappa shape index (κ3) is 2.61. The summed E-state index contributed by atoms with van der Waals surface area (Å²) in [5, 5.41) is 9.56. The Bertz CT molecular complexity index is 818. The molecule has 0 aliphatic carbocycles. The number of aromatic nitrogens is 1. The molecule has 0 bridgehead atoms. The van der Waals surface area contributed by atoms with Crippen LogP contribution in [0.4, 0.5) is 8.78 Å². The smallest absolute Gasteiger partial charge is 0.132 e. The van der Waals surface area contributed by atoms with Gasteiger partial charge in [0.25, 0.3) is 0 Å². The molecular formula is C18H13F2NO. The van der Waals surface area contributed by atoms with Gasteiger partial charge in [0.05, 0.1) is 12.3 Å². The second kappa shape index (κ2) is 6.03. The molecule has 2 aromatic carbocycles. The highest BCUT2D eigenvalue weighted by Gasteiger charge is 2.13. The van der Waals surface area contributed by atoms with Gasteiger partial charge < -0.3 is 5.11 Å². The monoisotopic (exact) mass is 297 g/mol. The molecule has 110 valence electrons. The highest BCUT2D eigenvalue weighted by Crippen LogP contribution is 2.29. The summed E-state index contributed by atoms with van der Waals surface area (Å²) in [6.07, 6.45) is 1.49. The van der Waals surface area contributed by atoms with Crippen molar-refractivity contribution in [2.24, 2.45) is 0 Å². The van der Waals surface area contributed by atoms with E-state index >= 15 is 0 Å². The zero-order valence-corrected chi connectivity index (χ0v) is 11.6. The normalized spacial score (nSPS) is 10.7. The number of hydrogen-bond donors (Lipinski definition) is 1. The van der Waals surface area contributed by atoms with E-state index in [1.54, 1.807) is 42.5 Å². The number of halogens is 2. The molecule has 2 nitrogen and oxygen atoms in total. The first-order chi connectivity index (χ1) is 10.7. The van der Waals surface area contributed by atoms with Crippen LogP contribution < -0.4 is 0 Å². The summed E-state index contributed by atoms with van der Waals surface area (Å²) in [6, 6.07) is 14.2. The van der Waals surface area contributed by atoms with Gasteiger partial charge in [-0.05, 0) is 24.3 Å². The molecule has 3 aromatic rings. The Kier molecular flexibility index (Phi) is 3.94. The summed E-state index contributed by atoms with van der Waals surface area (Å²) in [5.74, 6) is -0.782. The number of benzene rings is 2. The first-order valence-electron chi connectivity index (χ1n) is 6.80. The molecule has 1 heterocycles. The van der Waals surface area contributed by atoms with Crippen molar-refractivity contribution in [2.75, 3.05) is 0 Å². The minimum absolute atomic E-state index is 0.307. The van der Waals surface area contributed by atoms with E-state index in [2.05, 4.69) is 4.98 Å². The van der Waals surface area contributed by atoms with E-state index in [-0.39, 0.29) is 12.4 Å². The maximum Gasteiger partial charge on any atom is 0.132 e. The molecule has 0 fully saturated rings. The third-order valence-corrected chi connectivity index (χ3v) is 3.45. The summed E-state index contributed by atoms with van der Waals surface area (Å²) in [5.41, 5.74) is 2.06. The van der Waals surface area contributed by atoms with Gasteiger partial charge in [0.15, 0.2) is 0 Å². The Hall–Kier alpha value is -2.59. The van der Waals surface area contributed by atoms with Crippen LogP contribution in [0.2, 0.25) is 0 Å².